The molecule has 1 N–H and O–H groups in total. The fraction of sp³-hybridized carbons (Fsp3) is 0.588. The number of benzene rings is 1. The van der Waals surface area contributed by atoms with Crippen molar-refractivity contribution in [3.05, 3.63) is 35.4 Å². The zero-order chi connectivity index (χ0) is 18.6. The number of carbonyl (C=O) groups excluding carboxylic acids is 1. The van der Waals surface area contributed by atoms with Crippen LogP contribution in [0.25, 0.3) is 0 Å². The van der Waals surface area contributed by atoms with Gasteiger partial charge in [-0.05, 0) is 26.8 Å². The molecule has 1 rings (SSSR count). The second kappa shape index (κ2) is 7.53. The first-order chi connectivity index (χ1) is 10.9. The summed E-state index contributed by atoms with van der Waals surface area (Å²) in [6, 6.07) is 5.27. The monoisotopic (exact) mass is 348 g/mol. The van der Waals surface area contributed by atoms with Gasteiger partial charge >= 0.3 is 12.1 Å². The third-order valence-electron chi connectivity index (χ3n) is 3.45. The molecule has 0 saturated heterocycles. The molecule has 1 aromatic rings. The number of aliphatic hydroxyl groups excluding tert-OH is 1. The van der Waals surface area contributed by atoms with Crippen LogP contribution in [0.2, 0.25) is 0 Å². The highest BCUT2D eigenvalue weighted by Crippen LogP contribution is 2.33. The molecule has 0 bridgehead atoms. The normalized spacial score (nSPS) is 15.0. The van der Waals surface area contributed by atoms with E-state index in [9.17, 15) is 23.1 Å². The standard InChI is InChI=1S/C17H25F3NO3/c1-16(2,3)24-15(23)12-21(4,9-10-22)11-13-7-5-6-8-14(13)17(18,19)20/h5-8,22H,9-12H2,1-4H3/q+1. The smallest absolute Gasteiger partial charge is 0.416 e. The van der Waals surface area contributed by atoms with Gasteiger partial charge in [0.2, 0.25) is 0 Å². The Bertz CT molecular complexity index is 567. The SMILES string of the molecule is CC(C)(C)OC(=O)C[N+](C)(CCO)Cc1ccccc1C(F)(F)F. The summed E-state index contributed by atoms with van der Waals surface area (Å²) in [6.45, 7) is 4.92. The highest BCUT2D eigenvalue weighted by Gasteiger charge is 2.36. The number of nitrogens with zero attached hydrogens (tertiary/aromatic N) is 1. The van der Waals surface area contributed by atoms with Gasteiger partial charge in [0.25, 0.3) is 0 Å². The summed E-state index contributed by atoms with van der Waals surface area (Å²) >= 11 is 0. The minimum Gasteiger partial charge on any atom is -0.456 e. The second-order valence-electron chi connectivity index (χ2n) is 7.12. The molecule has 24 heavy (non-hydrogen) atoms. The number of hydrogen-bond donors (Lipinski definition) is 1. The molecule has 0 fully saturated rings. The Morgan fingerprint density at radius 1 is 1.21 bits per heavy atom. The molecule has 136 valence electrons. The number of likely N-dealkylation sites (N-methyl/N-ethyl adjacent to an activating group) is 1. The number of hydrogen-bond acceptors (Lipinski definition) is 3. The molecule has 0 saturated carbocycles. The molecule has 1 aromatic carbocycles. The Morgan fingerprint density at radius 3 is 2.29 bits per heavy atom. The molecular formula is C17H25F3NO3+. The van der Waals surface area contributed by atoms with E-state index in [1.54, 1.807) is 27.8 Å². The van der Waals surface area contributed by atoms with E-state index in [-0.39, 0.29) is 36.3 Å². The Hall–Kier alpha value is -1.60. The lowest BCUT2D eigenvalue weighted by Crippen LogP contribution is -2.50. The molecule has 0 heterocycles. The quantitative estimate of drug-likeness (QED) is 0.635. The summed E-state index contributed by atoms with van der Waals surface area (Å²) in [4.78, 5) is 12.1. The number of halogens is 3. The first-order valence-electron chi connectivity index (χ1n) is 7.68. The van der Waals surface area contributed by atoms with Gasteiger partial charge in [-0.2, -0.15) is 13.2 Å². The summed E-state index contributed by atoms with van der Waals surface area (Å²) in [5.41, 5.74) is -1.31. The van der Waals surface area contributed by atoms with E-state index in [0.717, 1.165) is 6.07 Å². The molecule has 0 aromatic heterocycles. The van der Waals surface area contributed by atoms with Gasteiger partial charge in [-0.25, -0.2) is 4.79 Å². The molecule has 0 spiro atoms. The van der Waals surface area contributed by atoms with Crippen molar-refractivity contribution in [2.75, 3.05) is 26.7 Å². The first-order valence-corrected chi connectivity index (χ1v) is 7.68. The predicted molar refractivity (Wildman–Crippen MR) is 84.0 cm³/mol. The molecule has 0 amide bonds. The number of esters is 1. The third-order valence-corrected chi connectivity index (χ3v) is 3.45. The van der Waals surface area contributed by atoms with Crippen molar-refractivity contribution in [3.63, 3.8) is 0 Å². The second-order valence-corrected chi connectivity index (χ2v) is 7.12. The molecule has 1 unspecified atom stereocenters. The minimum atomic E-state index is -4.47. The largest absolute Gasteiger partial charge is 0.456 e. The Morgan fingerprint density at radius 2 is 1.79 bits per heavy atom. The van der Waals surface area contributed by atoms with Crippen molar-refractivity contribution in [2.45, 2.75) is 39.1 Å². The van der Waals surface area contributed by atoms with Crippen molar-refractivity contribution in [2.24, 2.45) is 0 Å². The number of quaternary nitrogens is 1. The van der Waals surface area contributed by atoms with Crippen molar-refractivity contribution in [1.29, 1.82) is 0 Å². The maximum Gasteiger partial charge on any atom is 0.416 e. The fourth-order valence-corrected chi connectivity index (χ4v) is 2.49. The Kier molecular flexibility index (Phi) is 6.41. The predicted octanol–water partition coefficient (Wildman–Crippen LogP) is 2.99. The molecule has 0 aliphatic heterocycles. The fourth-order valence-electron chi connectivity index (χ4n) is 2.49. The Labute approximate surface area is 140 Å². The molecule has 0 radical (unpaired) electrons. The van der Waals surface area contributed by atoms with Gasteiger partial charge < -0.3 is 14.3 Å². The van der Waals surface area contributed by atoms with E-state index >= 15 is 0 Å². The summed E-state index contributed by atoms with van der Waals surface area (Å²) in [5, 5.41) is 9.26. The van der Waals surface area contributed by atoms with Crippen LogP contribution in [0.3, 0.4) is 0 Å². The lowest BCUT2D eigenvalue weighted by Gasteiger charge is -2.34. The topological polar surface area (TPSA) is 46.5 Å². The molecule has 0 aliphatic carbocycles. The van der Waals surface area contributed by atoms with Crippen LogP contribution in [0, 0.1) is 0 Å². The van der Waals surface area contributed by atoms with Crippen molar-refractivity contribution >= 4 is 5.97 Å². The molecular weight excluding hydrogens is 323 g/mol. The summed E-state index contributed by atoms with van der Waals surface area (Å²) in [5.74, 6) is -0.511. The zero-order valence-electron chi connectivity index (χ0n) is 14.5. The molecule has 7 heteroatoms. The average Bonchev–Trinajstić information content (AvgIpc) is 2.35. The van der Waals surface area contributed by atoms with Crippen molar-refractivity contribution in [1.82, 2.24) is 0 Å². The molecule has 4 nitrogen and oxygen atoms in total. The lowest BCUT2D eigenvalue weighted by atomic mass is 10.1. The first kappa shape index (κ1) is 20.4. The number of ether oxygens (including phenoxy) is 1. The van der Waals surface area contributed by atoms with E-state index in [1.807, 2.05) is 0 Å². The number of carbonyl (C=O) groups is 1. The van der Waals surface area contributed by atoms with Crippen molar-refractivity contribution < 1.29 is 32.3 Å². The van der Waals surface area contributed by atoms with Crippen LogP contribution >= 0.6 is 0 Å². The van der Waals surface area contributed by atoms with Crippen molar-refractivity contribution in [3.8, 4) is 0 Å². The van der Waals surface area contributed by atoms with Crippen LogP contribution < -0.4 is 0 Å². The number of rotatable bonds is 6. The number of alkyl halides is 3. The van der Waals surface area contributed by atoms with Gasteiger partial charge in [0, 0.05) is 5.56 Å². The maximum atomic E-state index is 13.1. The van der Waals surface area contributed by atoms with E-state index in [0.29, 0.717) is 0 Å². The van der Waals surface area contributed by atoms with E-state index in [1.165, 1.54) is 18.2 Å². The van der Waals surface area contributed by atoms with Crippen LogP contribution in [0.5, 0.6) is 0 Å². The summed E-state index contributed by atoms with van der Waals surface area (Å²) in [6.07, 6.45) is -4.47. The van der Waals surface area contributed by atoms with Gasteiger partial charge in [0.1, 0.15) is 18.7 Å². The van der Waals surface area contributed by atoms with Gasteiger partial charge in [0.15, 0.2) is 6.54 Å². The van der Waals surface area contributed by atoms with Crippen LogP contribution in [0.4, 0.5) is 13.2 Å². The highest BCUT2D eigenvalue weighted by atomic mass is 19.4. The minimum absolute atomic E-state index is 0.0323. The molecule has 0 aliphatic rings. The summed E-state index contributed by atoms with van der Waals surface area (Å²) < 4.78 is 44.6. The van der Waals surface area contributed by atoms with Gasteiger partial charge in [-0.1, -0.05) is 18.2 Å². The van der Waals surface area contributed by atoms with Gasteiger partial charge in [-0.15, -0.1) is 0 Å². The zero-order valence-corrected chi connectivity index (χ0v) is 14.5. The number of aliphatic hydroxyl groups is 1. The van der Waals surface area contributed by atoms with E-state index < -0.39 is 23.3 Å². The summed E-state index contributed by atoms with van der Waals surface area (Å²) in [7, 11) is 1.63. The lowest BCUT2D eigenvalue weighted by molar-refractivity contribution is -0.916. The Balaban J connectivity index is 3.03. The van der Waals surface area contributed by atoms with Gasteiger partial charge in [-0.3, -0.25) is 0 Å². The molecule has 1 atom stereocenters. The van der Waals surface area contributed by atoms with Crippen LogP contribution in [-0.4, -0.2) is 47.9 Å². The van der Waals surface area contributed by atoms with Gasteiger partial charge in [0.05, 0.1) is 19.2 Å². The average molecular weight is 348 g/mol. The van der Waals surface area contributed by atoms with Crippen LogP contribution in [-0.2, 0) is 22.3 Å². The van der Waals surface area contributed by atoms with E-state index in [4.69, 9.17) is 4.74 Å². The highest BCUT2D eigenvalue weighted by molar-refractivity contribution is 5.71. The van der Waals surface area contributed by atoms with Crippen LogP contribution in [0.15, 0.2) is 24.3 Å². The third kappa shape index (κ3) is 6.49. The van der Waals surface area contributed by atoms with E-state index in [2.05, 4.69) is 0 Å². The maximum absolute atomic E-state index is 13.1. The van der Waals surface area contributed by atoms with Crippen LogP contribution in [0.1, 0.15) is 31.9 Å².